The van der Waals surface area contributed by atoms with Crippen LogP contribution in [0.1, 0.15) is 19.3 Å². The molecule has 0 atom stereocenters. The molecule has 1 aliphatic heterocycles. The summed E-state index contributed by atoms with van der Waals surface area (Å²) in [7, 11) is -2.57. The summed E-state index contributed by atoms with van der Waals surface area (Å²) in [5, 5.41) is 1.66. The van der Waals surface area contributed by atoms with Crippen molar-refractivity contribution in [1.29, 1.82) is 0 Å². The summed E-state index contributed by atoms with van der Waals surface area (Å²) in [5.41, 5.74) is -0.252. The fraction of sp³-hybridized carbons (Fsp3) is 0.500. The van der Waals surface area contributed by atoms with Crippen molar-refractivity contribution in [2.75, 3.05) is 25.5 Å². The molecule has 10 heteroatoms. The number of nitrogens with zero attached hydrogens (tertiary/aromatic N) is 1. The van der Waals surface area contributed by atoms with Crippen molar-refractivity contribution in [2.45, 2.75) is 30.3 Å². The summed E-state index contributed by atoms with van der Waals surface area (Å²) in [6.07, 6.45) is -2.58. The van der Waals surface area contributed by atoms with Gasteiger partial charge in [-0.25, -0.2) is 8.42 Å². The molecule has 1 N–H and O–H groups in total. The summed E-state index contributed by atoms with van der Waals surface area (Å²) in [4.78, 5) is 10.9. The van der Waals surface area contributed by atoms with Gasteiger partial charge in [-0.2, -0.15) is 17.5 Å². The quantitative estimate of drug-likeness (QED) is 0.888. The second-order valence-electron chi connectivity index (χ2n) is 5.28. The van der Waals surface area contributed by atoms with Crippen LogP contribution >= 0.6 is 0 Å². The molecule has 1 aromatic rings. The fourth-order valence-electron chi connectivity index (χ4n) is 2.38. The number of nitrogens with one attached hydrogen (secondary N) is 1. The average Bonchev–Trinajstić information content (AvgIpc) is 2.55. The van der Waals surface area contributed by atoms with Crippen molar-refractivity contribution in [3.63, 3.8) is 0 Å². The maximum atomic E-state index is 12.6. The van der Waals surface area contributed by atoms with Crippen LogP contribution in [0.25, 0.3) is 0 Å². The SMILES string of the molecule is COc1cc(S(=O)(=O)N2CCCCC2)ccc1NC(=O)C(F)(F)F. The molecule has 1 fully saturated rings. The monoisotopic (exact) mass is 366 g/mol. The Hall–Kier alpha value is -1.81. The van der Waals surface area contributed by atoms with Gasteiger partial charge in [-0.15, -0.1) is 0 Å². The van der Waals surface area contributed by atoms with E-state index in [4.69, 9.17) is 4.74 Å². The Kier molecular flexibility index (Phi) is 5.38. The summed E-state index contributed by atoms with van der Waals surface area (Å²) >= 11 is 0. The minimum atomic E-state index is -5.05. The van der Waals surface area contributed by atoms with Gasteiger partial charge in [-0.1, -0.05) is 6.42 Å². The van der Waals surface area contributed by atoms with Gasteiger partial charge in [0.2, 0.25) is 10.0 Å². The summed E-state index contributed by atoms with van der Waals surface area (Å²) in [6.45, 7) is 0.800. The molecule has 1 amide bonds. The Labute approximate surface area is 137 Å². The lowest BCUT2D eigenvalue weighted by atomic mass is 10.2. The van der Waals surface area contributed by atoms with E-state index in [0.717, 1.165) is 37.5 Å². The van der Waals surface area contributed by atoms with Crippen LogP contribution in [0.2, 0.25) is 0 Å². The van der Waals surface area contributed by atoms with Gasteiger partial charge >= 0.3 is 12.1 Å². The standard InChI is InChI=1S/C14H17F3N2O4S/c1-23-12-9-10(24(21,22)19-7-3-2-4-8-19)5-6-11(12)18-13(20)14(15,16)17/h5-6,9H,2-4,7-8H2,1H3,(H,18,20). The minimum absolute atomic E-state index is 0.0914. The lowest BCUT2D eigenvalue weighted by Crippen LogP contribution is -2.35. The Morgan fingerprint density at radius 3 is 2.38 bits per heavy atom. The van der Waals surface area contributed by atoms with Gasteiger partial charge in [0.1, 0.15) is 5.75 Å². The maximum Gasteiger partial charge on any atom is 0.471 e. The molecule has 6 nitrogen and oxygen atoms in total. The van der Waals surface area contributed by atoms with Crippen LogP contribution in [0.3, 0.4) is 0 Å². The molecule has 0 aromatic heterocycles. The van der Waals surface area contributed by atoms with Crippen LogP contribution in [0.15, 0.2) is 23.1 Å². The number of carbonyl (C=O) groups excluding carboxylic acids is 1. The number of rotatable bonds is 4. The maximum absolute atomic E-state index is 12.6. The molecule has 0 aliphatic carbocycles. The molecule has 1 saturated heterocycles. The van der Waals surface area contributed by atoms with Crippen LogP contribution in [0.4, 0.5) is 18.9 Å². The van der Waals surface area contributed by atoms with Crippen LogP contribution in [-0.2, 0) is 14.8 Å². The van der Waals surface area contributed by atoms with Crippen molar-refractivity contribution in [2.24, 2.45) is 0 Å². The zero-order valence-electron chi connectivity index (χ0n) is 12.9. The van der Waals surface area contributed by atoms with Crippen molar-refractivity contribution in [3.05, 3.63) is 18.2 Å². The summed E-state index contributed by atoms with van der Waals surface area (Å²) in [6, 6.07) is 3.34. The molecule has 0 radical (unpaired) electrons. The van der Waals surface area contributed by atoms with Crippen LogP contribution < -0.4 is 10.1 Å². The van der Waals surface area contributed by atoms with Gasteiger partial charge in [0.15, 0.2) is 0 Å². The molecular weight excluding hydrogens is 349 g/mol. The van der Waals surface area contributed by atoms with Crippen LogP contribution in [-0.4, -0.2) is 45.0 Å². The topological polar surface area (TPSA) is 75.7 Å². The number of benzene rings is 1. The highest BCUT2D eigenvalue weighted by molar-refractivity contribution is 7.89. The summed E-state index contributed by atoms with van der Waals surface area (Å²) < 4.78 is 68.3. The third-order valence-electron chi connectivity index (χ3n) is 3.63. The van der Waals surface area contributed by atoms with Crippen LogP contribution in [0.5, 0.6) is 5.75 Å². The van der Waals surface area contributed by atoms with Crippen LogP contribution in [0, 0.1) is 0 Å². The van der Waals surface area contributed by atoms with Gasteiger partial charge in [0, 0.05) is 19.2 Å². The number of carbonyl (C=O) groups is 1. The first kappa shape index (κ1) is 18.5. The van der Waals surface area contributed by atoms with E-state index in [0.29, 0.717) is 13.1 Å². The Balaban J connectivity index is 2.30. The van der Waals surface area contributed by atoms with Crippen molar-refractivity contribution in [1.82, 2.24) is 4.31 Å². The van der Waals surface area contributed by atoms with E-state index in [-0.39, 0.29) is 16.3 Å². The molecule has 1 aromatic carbocycles. The smallest absolute Gasteiger partial charge is 0.471 e. The first-order valence-electron chi connectivity index (χ1n) is 7.22. The predicted octanol–water partition coefficient (Wildman–Crippen LogP) is 2.37. The predicted molar refractivity (Wildman–Crippen MR) is 80.3 cm³/mol. The first-order chi connectivity index (χ1) is 11.2. The number of halogens is 3. The molecule has 24 heavy (non-hydrogen) atoms. The highest BCUT2D eigenvalue weighted by Gasteiger charge is 2.39. The molecule has 1 heterocycles. The second-order valence-corrected chi connectivity index (χ2v) is 7.22. The molecular formula is C14H17F3N2O4S. The largest absolute Gasteiger partial charge is 0.495 e. The summed E-state index contributed by atoms with van der Waals surface area (Å²) in [5.74, 6) is -2.32. The molecule has 1 aliphatic rings. The number of piperidine rings is 1. The number of methoxy groups -OCH3 is 1. The Morgan fingerprint density at radius 1 is 1.21 bits per heavy atom. The number of hydrogen-bond donors (Lipinski definition) is 1. The normalized spacial score (nSPS) is 16.7. The van der Waals surface area contributed by atoms with Gasteiger partial charge in [-0.3, -0.25) is 4.79 Å². The number of amides is 1. The van der Waals surface area contributed by atoms with E-state index in [1.807, 2.05) is 0 Å². The zero-order chi connectivity index (χ0) is 18.0. The number of alkyl halides is 3. The Bertz CT molecular complexity index is 713. The average molecular weight is 366 g/mol. The van der Waals surface area contributed by atoms with E-state index < -0.39 is 22.1 Å². The first-order valence-corrected chi connectivity index (χ1v) is 8.66. The highest BCUT2D eigenvalue weighted by atomic mass is 32.2. The highest BCUT2D eigenvalue weighted by Crippen LogP contribution is 2.31. The number of hydrogen-bond acceptors (Lipinski definition) is 4. The van der Waals surface area contributed by atoms with Gasteiger partial charge in [0.05, 0.1) is 17.7 Å². The molecule has 0 saturated carbocycles. The zero-order valence-corrected chi connectivity index (χ0v) is 13.7. The van der Waals surface area contributed by atoms with E-state index in [1.54, 1.807) is 5.32 Å². The number of ether oxygens (including phenoxy) is 1. The minimum Gasteiger partial charge on any atom is -0.495 e. The molecule has 0 bridgehead atoms. The van der Waals surface area contributed by atoms with Gasteiger partial charge in [-0.05, 0) is 25.0 Å². The third-order valence-corrected chi connectivity index (χ3v) is 5.53. The lowest BCUT2D eigenvalue weighted by molar-refractivity contribution is -0.167. The van der Waals surface area contributed by atoms with Gasteiger partial charge in [0.25, 0.3) is 0 Å². The lowest BCUT2D eigenvalue weighted by Gasteiger charge is -2.26. The second kappa shape index (κ2) is 6.98. The van der Waals surface area contributed by atoms with E-state index in [1.165, 1.54) is 11.4 Å². The van der Waals surface area contributed by atoms with E-state index >= 15 is 0 Å². The van der Waals surface area contributed by atoms with Gasteiger partial charge < -0.3 is 10.1 Å². The number of anilines is 1. The fourth-order valence-corrected chi connectivity index (χ4v) is 3.92. The number of sulfonamides is 1. The van der Waals surface area contributed by atoms with Crippen molar-refractivity contribution < 1.29 is 31.1 Å². The molecule has 0 spiro atoms. The molecule has 2 rings (SSSR count). The van der Waals surface area contributed by atoms with Crippen molar-refractivity contribution in [3.8, 4) is 5.75 Å². The van der Waals surface area contributed by atoms with E-state index in [9.17, 15) is 26.4 Å². The van der Waals surface area contributed by atoms with Crippen molar-refractivity contribution >= 4 is 21.6 Å². The Morgan fingerprint density at radius 2 is 1.83 bits per heavy atom. The third kappa shape index (κ3) is 3.99. The van der Waals surface area contributed by atoms with E-state index in [2.05, 4.69) is 0 Å². The molecule has 134 valence electrons. The molecule has 0 unspecified atom stereocenters.